The molecule has 1 heterocycles. The van der Waals surface area contributed by atoms with Gasteiger partial charge in [0.1, 0.15) is 0 Å². The van der Waals surface area contributed by atoms with Gasteiger partial charge in [-0.3, -0.25) is 0 Å². The number of aromatic nitrogens is 2. The molecule has 0 unspecified atom stereocenters. The molecule has 0 aliphatic rings. The minimum atomic E-state index is -0.504. The number of hydrogen-bond donors (Lipinski definition) is 0. The molecule has 0 aliphatic carbocycles. The molecular formula is C31H35N4O6Se+. The molecule has 0 radical (unpaired) electrons. The predicted molar refractivity (Wildman–Crippen MR) is 158 cm³/mol. The average Bonchev–Trinajstić information content (AvgIpc) is 3.31. The third-order valence-electron chi connectivity index (χ3n) is 6.56. The van der Waals surface area contributed by atoms with Gasteiger partial charge in [0.25, 0.3) is 0 Å². The van der Waals surface area contributed by atoms with Crippen LogP contribution in [0, 0.1) is 10.1 Å². The van der Waals surface area contributed by atoms with Crippen molar-refractivity contribution in [3.63, 3.8) is 0 Å². The van der Waals surface area contributed by atoms with Crippen LogP contribution < -0.4 is 13.8 Å². The Morgan fingerprint density at radius 3 is 2.10 bits per heavy atom. The Morgan fingerprint density at radius 2 is 1.55 bits per heavy atom. The van der Waals surface area contributed by atoms with E-state index < -0.39 is 11.0 Å². The summed E-state index contributed by atoms with van der Waals surface area (Å²) in [6.45, 7) is 1.39. The Labute approximate surface area is 251 Å². The van der Waals surface area contributed by atoms with Crippen LogP contribution in [0.15, 0.2) is 91.1 Å². The molecule has 1 atom stereocenters. The predicted octanol–water partition coefficient (Wildman–Crippen LogP) is 2.33. The van der Waals surface area contributed by atoms with Crippen molar-refractivity contribution in [1.82, 2.24) is 9.47 Å². The zero-order valence-corrected chi connectivity index (χ0v) is 25.6. The van der Waals surface area contributed by atoms with Crippen molar-refractivity contribution in [1.29, 1.82) is 0 Å². The van der Waals surface area contributed by atoms with Crippen LogP contribution in [0.1, 0.15) is 16.8 Å². The number of nitrogens with zero attached hydrogens (tertiary/aromatic N) is 4. The van der Waals surface area contributed by atoms with E-state index in [1.807, 2.05) is 90.4 Å². The molecule has 0 spiro atoms. The van der Waals surface area contributed by atoms with E-state index in [1.54, 1.807) is 12.1 Å². The molecular weight excluding hydrogens is 603 g/mol. The van der Waals surface area contributed by atoms with Gasteiger partial charge < -0.3 is 0 Å². The monoisotopic (exact) mass is 639 g/mol. The number of likely N-dealkylation sites (N-methyl/N-ethyl adjacent to an activating group) is 1. The van der Waals surface area contributed by atoms with Crippen molar-refractivity contribution in [3.8, 4) is 0 Å². The van der Waals surface area contributed by atoms with Crippen molar-refractivity contribution >= 4 is 35.8 Å². The van der Waals surface area contributed by atoms with E-state index in [2.05, 4.69) is 4.57 Å². The van der Waals surface area contributed by atoms with Gasteiger partial charge in [0, 0.05) is 0 Å². The SMILES string of the molecule is COC(=O)[C@H](Cc1c[n+](COCc2ccccc2)c([Se]c2ccc([N+](=O)[O-])cc2)n1COCc1ccccc1)N(C)C. The summed E-state index contributed by atoms with van der Waals surface area (Å²) in [6, 6.07) is 26.0. The summed E-state index contributed by atoms with van der Waals surface area (Å²) < 4.78 is 23.4. The molecule has 4 rings (SSSR count). The maximum absolute atomic E-state index is 12.7. The first kappa shape index (κ1) is 31.1. The van der Waals surface area contributed by atoms with Crippen LogP contribution >= 0.6 is 0 Å². The van der Waals surface area contributed by atoms with Gasteiger partial charge in [-0.15, -0.1) is 0 Å². The Hall–Kier alpha value is -3.86. The Balaban J connectivity index is 1.68. The number of rotatable bonds is 15. The average molecular weight is 639 g/mol. The zero-order chi connectivity index (χ0) is 29.9. The molecule has 42 heavy (non-hydrogen) atoms. The second-order valence-corrected chi connectivity index (χ2v) is 12.0. The summed E-state index contributed by atoms with van der Waals surface area (Å²) in [4.78, 5) is 25.3. The van der Waals surface area contributed by atoms with Crippen LogP contribution in [-0.2, 0) is 52.1 Å². The number of imidazole rings is 1. The Bertz CT molecular complexity index is 1450. The number of hydrogen-bond acceptors (Lipinski definition) is 7. The summed E-state index contributed by atoms with van der Waals surface area (Å²) in [7, 11) is 5.08. The van der Waals surface area contributed by atoms with E-state index in [9.17, 15) is 14.9 Å². The molecule has 0 amide bonds. The fourth-order valence-electron chi connectivity index (χ4n) is 4.31. The number of non-ortho nitro benzene ring substituents is 1. The van der Waals surface area contributed by atoms with Crippen molar-refractivity contribution in [2.24, 2.45) is 0 Å². The molecule has 0 aliphatic heterocycles. The molecule has 0 saturated carbocycles. The number of carbonyl (C=O) groups is 1. The molecule has 0 bridgehead atoms. The molecule has 11 heteroatoms. The summed E-state index contributed by atoms with van der Waals surface area (Å²) >= 11 is -0.265. The van der Waals surface area contributed by atoms with E-state index in [-0.39, 0.29) is 40.1 Å². The quantitative estimate of drug-likeness (QED) is 0.0648. The zero-order valence-electron chi connectivity index (χ0n) is 23.9. The van der Waals surface area contributed by atoms with E-state index in [4.69, 9.17) is 14.2 Å². The maximum atomic E-state index is 12.7. The van der Waals surface area contributed by atoms with E-state index >= 15 is 0 Å². The van der Waals surface area contributed by atoms with Crippen LogP contribution in [0.3, 0.4) is 0 Å². The molecule has 4 aromatic rings. The van der Waals surface area contributed by atoms with E-state index in [0.29, 0.717) is 19.6 Å². The number of ether oxygens (including phenoxy) is 3. The molecule has 10 nitrogen and oxygen atoms in total. The molecule has 1 aromatic heterocycles. The molecule has 220 valence electrons. The van der Waals surface area contributed by atoms with Gasteiger partial charge in [0.15, 0.2) is 0 Å². The Kier molecular flexibility index (Phi) is 11.4. The first-order chi connectivity index (χ1) is 20.4. The molecule has 0 fully saturated rings. The van der Waals surface area contributed by atoms with Crippen molar-refractivity contribution < 1.29 is 28.5 Å². The second-order valence-electron chi connectivity index (χ2n) is 9.79. The van der Waals surface area contributed by atoms with Gasteiger partial charge in [-0.05, 0) is 0 Å². The van der Waals surface area contributed by atoms with Crippen LogP contribution in [-0.4, -0.2) is 62.6 Å². The van der Waals surface area contributed by atoms with Crippen molar-refractivity contribution in [2.45, 2.75) is 39.1 Å². The van der Waals surface area contributed by atoms with Crippen molar-refractivity contribution in [2.75, 3.05) is 21.2 Å². The van der Waals surface area contributed by atoms with Gasteiger partial charge >= 0.3 is 252 Å². The summed E-state index contributed by atoms with van der Waals surface area (Å²) in [5.74, 6) is -0.327. The van der Waals surface area contributed by atoms with Crippen LogP contribution in [0.5, 0.6) is 0 Å². The van der Waals surface area contributed by atoms with Gasteiger partial charge in [0.05, 0.1) is 0 Å². The minimum absolute atomic E-state index is 0.0442. The van der Waals surface area contributed by atoms with Gasteiger partial charge in [-0.2, -0.15) is 0 Å². The molecule has 0 N–H and O–H groups in total. The summed E-state index contributed by atoms with van der Waals surface area (Å²) in [6.07, 6.45) is 2.39. The number of methoxy groups -OCH3 is 1. The molecule has 0 saturated heterocycles. The fourth-order valence-corrected chi connectivity index (χ4v) is 6.38. The third kappa shape index (κ3) is 8.57. The number of benzene rings is 3. The fraction of sp³-hybridized carbons (Fsp3) is 0.290. The second kappa shape index (κ2) is 15.4. The summed E-state index contributed by atoms with van der Waals surface area (Å²) in [5.41, 5.74) is 3.04. The number of esters is 1. The normalized spacial score (nSPS) is 11.9. The summed E-state index contributed by atoms with van der Waals surface area (Å²) in [5, 5.41) is 11.2. The van der Waals surface area contributed by atoms with Crippen LogP contribution in [0.4, 0.5) is 5.69 Å². The van der Waals surface area contributed by atoms with Gasteiger partial charge in [0.2, 0.25) is 0 Å². The third-order valence-corrected chi connectivity index (χ3v) is 8.96. The number of nitro groups is 1. The Morgan fingerprint density at radius 1 is 0.952 bits per heavy atom. The van der Waals surface area contributed by atoms with Crippen LogP contribution in [0.25, 0.3) is 0 Å². The standard InChI is InChI=1S/C31H35N4O6Se/c1-32(2)29(30(36)39-3)18-27-19-33(22-40-20-24-10-6-4-7-11-24)31(42-28-16-14-26(15-17-28)35(37)38)34(27)23-41-21-25-12-8-5-9-13-25/h4-17,19,29H,18,20-23H2,1-3H3/q+1/t29-/m0/s1. The van der Waals surface area contributed by atoms with E-state index in [0.717, 1.165) is 26.0 Å². The number of carbonyl (C=O) groups excluding carboxylic acids is 1. The topological polar surface area (TPSA) is 99.9 Å². The molecule has 3 aromatic carbocycles. The van der Waals surface area contributed by atoms with E-state index in [1.165, 1.54) is 19.2 Å². The van der Waals surface area contributed by atoms with Gasteiger partial charge in [-0.25, -0.2) is 0 Å². The van der Waals surface area contributed by atoms with Gasteiger partial charge in [-0.1, -0.05) is 0 Å². The first-order valence-corrected chi connectivity index (χ1v) is 15.1. The van der Waals surface area contributed by atoms with Crippen LogP contribution in [0.2, 0.25) is 0 Å². The van der Waals surface area contributed by atoms with Crippen molar-refractivity contribution in [3.05, 3.63) is 118 Å². The first-order valence-electron chi connectivity index (χ1n) is 13.4. The number of nitro benzene ring substituents is 1.